The van der Waals surface area contributed by atoms with Crippen LogP contribution in [0.15, 0.2) is 12.1 Å². The van der Waals surface area contributed by atoms with Gasteiger partial charge in [-0.2, -0.15) is 0 Å². The van der Waals surface area contributed by atoms with E-state index in [1.165, 1.54) is 6.07 Å². The summed E-state index contributed by atoms with van der Waals surface area (Å²) in [7, 11) is 0. The van der Waals surface area contributed by atoms with Crippen molar-refractivity contribution in [3.63, 3.8) is 0 Å². The first-order chi connectivity index (χ1) is 11.1. The number of carbonyl (C=O) groups is 1. The van der Waals surface area contributed by atoms with Gasteiger partial charge >= 0.3 is 0 Å². The van der Waals surface area contributed by atoms with Crippen molar-refractivity contribution in [1.82, 2.24) is 4.90 Å². The molecule has 0 radical (unpaired) electrons. The van der Waals surface area contributed by atoms with Crippen molar-refractivity contribution in [2.24, 2.45) is 5.92 Å². The molecule has 2 fully saturated rings. The number of hydrogen-bond donors (Lipinski definition) is 0. The second-order valence-electron chi connectivity index (χ2n) is 5.89. The van der Waals surface area contributed by atoms with Crippen LogP contribution in [0.25, 0.3) is 0 Å². The normalized spacial score (nSPS) is 20.0. The first-order valence-electron chi connectivity index (χ1n) is 7.83. The minimum absolute atomic E-state index is 0.00435. The highest BCUT2D eigenvalue weighted by Gasteiger charge is 2.29. The molecule has 0 spiro atoms. The summed E-state index contributed by atoms with van der Waals surface area (Å²) in [6.45, 7) is 2.92. The molecule has 4 nitrogen and oxygen atoms in total. The molecule has 3 rings (SSSR count). The quantitative estimate of drug-likeness (QED) is 0.780. The Morgan fingerprint density at radius 3 is 2.30 bits per heavy atom. The summed E-state index contributed by atoms with van der Waals surface area (Å²) in [6, 6.07) is 2.16. The molecule has 0 aliphatic carbocycles. The van der Waals surface area contributed by atoms with Gasteiger partial charge in [0.1, 0.15) is 0 Å². The highest BCUT2D eigenvalue weighted by atomic mass is 19.2. The van der Waals surface area contributed by atoms with Crippen LogP contribution in [0.2, 0.25) is 0 Å². The number of benzene rings is 1. The third-order valence-corrected chi connectivity index (χ3v) is 4.52. The summed E-state index contributed by atoms with van der Waals surface area (Å²) in [5.41, 5.74) is 0.0436. The Balaban J connectivity index is 1.62. The first-order valence-corrected chi connectivity index (χ1v) is 7.83. The molecular weight excluding hydrogens is 309 g/mol. The Morgan fingerprint density at radius 2 is 1.65 bits per heavy atom. The molecule has 0 N–H and O–H groups in total. The monoisotopic (exact) mass is 328 g/mol. The zero-order chi connectivity index (χ0) is 16.4. The van der Waals surface area contributed by atoms with Gasteiger partial charge in [-0.25, -0.2) is 13.2 Å². The van der Waals surface area contributed by atoms with Gasteiger partial charge in [0.25, 0.3) is 0 Å². The van der Waals surface area contributed by atoms with E-state index in [-0.39, 0.29) is 17.5 Å². The standard InChI is InChI=1S/C16H19F3N2O2/c17-12-1-2-13(15(19)14(12)18)20-5-7-21(8-6-20)16(22)11-3-9-23-10-4-11/h1-2,11H,3-10H2. The van der Waals surface area contributed by atoms with Gasteiger partial charge in [-0.15, -0.1) is 0 Å². The summed E-state index contributed by atoms with van der Waals surface area (Å²) < 4.78 is 45.4. The van der Waals surface area contributed by atoms with Gasteiger partial charge in [0.2, 0.25) is 5.91 Å². The molecule has 126 valence electrons. The topological polar surface area (TPSA) is 32.8 Å². The van der Waals surface area contributed by atoms with Crippen molar-refractivity contribution in [3.05, 3.63) is 29.6 Å². The molecule has 0 saturated carbocycles. The number of piperazine rings is 1. The summed E-state index contributed by atoms with van der Waals surface area (Å²) in [5, 5.41) is 0. The lowest BCUT2D eigenvalue weighted by atomic mass is 9.98. The molecular formula is C16H19F3N2O2. The molecule has 1 amide bonds. The van der Waals surface area contributed by atoms with Gasteiger partial charge in [0.05, 0.1) is 5.69 Å². The number of anilines is 1. The maximum absolute atomic E-state index is 13.8. The molecule has 23 heavy (non-hydrogen) atoms. The third-order valence-electron chi connectivity index (χ3n) is 4.52. The van der Waals surface area contributed by atoms with Crippen LogP contribution in [0.4, 0.5) is 18.9 Å². The van der Waals surface area contributed by atoms with Crippen molar-refractivity contribution in [2.45, 2.75) is 12.8 Å². The van der Waals surface area contributed by atoms with E-state index in [1.807, 2.05) is 0 Å². The number of halogens is 3. The van der Waals surface area contributed by atoms with Crippen LogP contribution in [0.1, 0.15) is 12.8 Å². The molecule has 0 aromatic heterocycles. The minimum Gasteiger partial charge on any atom is -0.381 e. The molecule has 1 aromatic carbocycles. The molecule has 1 aromatic rings. The van der Waals surface area contributed by atoms with E-state index in [4.69, 9.17) is 4.74 Å². The van der Waals surface area contributed by atoms with Crippen LogP contribution in [-0.2, 0) is 9.53 Å². The highest BCUT2D eigenvalue weighted by molar-refractivity contribution is 5.79. The molecule has 0 bridgehead atoms. The van der Waals surface area contributed by atoms with Crippen molar-refractivity contribution >= 4 is 11.6 Å². The van der Waals surface area contributed by atoms with Crippen LogP contribution in [0.5, 0.6) is 0 Å². The first kappa shape index (κ1) is 16.1. The van der Waals surface area contributed by atoms with Gasteiger partial charge in [-0.1, -0.05) is 0 Å². The van der Waals surface area contributed by atoms with Crippen molar-refractivity contribution < 1.29 is 22.7 Å². The minimum atomic E-state index is -1.46. The van der Waals surface area contributed by atoms with E-state index in [9.17, 15) is 18.0 Å². The highest BCUT2D eigenvalue weighted by Crippen LogP contribution is 2.25. The fourth-order valence-corrected chi connectivity index (χ4v) is 3.13. The number of rotatable bonds is 2. The smallest absolute Gasteiger partial charge is 0.225 e. The van der Waals surface area contributed by atoms with Gasteiger partial charge in [-0.05, 0) is 25.0 Å². The lowest BCUT2D eigenvalue weighted by molar-refractivity contribution is -0.138. The summed E-state index contributed by atoms with van der Waals surface area (Å²) in [5.74, 6) is -3.72. The summed E-state index contributed by atoms with van der Waals surface area (Å²) in [6.07, 6.45) is 1.47. The molecule has 2 heterocycles. The SMILES string of the molecule is O=C(C1CCOCC1)N1CCN(c2ccc(F)c(F)c2F)CC1. The Labute approximate surface area is 132 Å². The average molecular weight is 328 g/mol. The van der Waals surface area contributed by atoms with E-state index in [1.54, 1.807) is 9.80 Å². The average Bonchev–Trinajstić information content (AvgIpc) is 2.60. The van der Waals surface area contributed by atoms with Crippen LogP contribution in [0.3, 0.4) is 0 Å². The third kappa shape index (κ3) is 3.29. The number of nitrogens with zero attached hydrogens (tertiary/aromatic N) is 2. The van der Waals surface area contributed by atoms with Gasteiger partial charge < -0.3 is 14.5 Å². The Morgan fingerprint density at radius 1 is 1.00 bits per heavy atom. The Kier molecular flexibility index (Phi) is 4.75. The molecule has 2 aliphatic rings. The van der Waals surface area contributed by atoms with E-state index in [0.29, 0.717) is 39.4 Å². The number of ether oxygens (including phenoxy) is 1. The van der Waals surface area contributed by atoms with Crippen LogP contribution < -0.4 is 4.90 Å². The van der Waals surface area contributed by atoms with Crippen molar-refractivity contribution in [3.8, 4) is 0 Å². The predicted octanol–water partition coefficient (Wildman–Crippen LogP) is 2.18. The fourth-order valence-electron chi connectivity index (χ4n) is 3.13. The number of hydrogen-bond acceptors (Lipinski definition) is 3. The van der Waals surface area contributed by atoms with Crippen molar-refractivity contribution in [2.75, 3.05) is 44.3 Å². The van der Waals surface area contributed by atoms with Crippen LogP contribution in [-0.4, -0.2) is 50.2 Å². The Hall–Kier alpha value is -1.76. The fraction of sp³-hybridized carbons (Fsp3) is 0.562. The second-order valence-corrected chi connectivity index (χ2v) is 5.89. The zero-order valence-electron chi connectivity index (χ0n) is 12.7. The summed E-state index contributed by atoms with van der Waals surface area (Å²) in [4.78, 5) is 15.8. The molecule has 2 aliphatic heterocycles. The maximum atomic E-state index is 13.8. The van der Waals surface area contributed by atoms with Crippen molar-refractivity contribution in [1.29, 1.82) is 0 Å². The predicted molar refractivity (Wildman–Crippen MR) is 78.7 cm³/mol. The molecule has 7 heteroatoms. The lowest BCUT2D eigenvalue weighted by Crippen LogP contribution is -2.51. The van der Waals surface area contributed by atoms with E-state index >= 15 is 0 Å². The lowest BCUT2D eigenvalue weighted by Gasteiger charge is -2.38. The molecule has 2 saturated heterocycles. The van der Waals surface area contributed by atoms with Crippen LogP contribution in [0, 0.1) is 23.4 Å². The molecule has 0 unspecified atom stereocenters. The van der Waals surface area contributed by atoms with E-state index in [0.717, 1.165) is 18.9 Å². The second kappa shape index (κ2) is 6.78. The van der Waals surface area contributed by atoms with Crippen LogP contribution >= 0.6 is 0 Å². The van der Waals surface area contributed by atoms with Gasteiger partial charge in [0, 0.05) is 45.3 Å². The largest absolute Gasteiger partial charge is 0.381 e. The maximum Gasteiger partial charge on any atom is 0.225 e. The summed E-state index contributed by atoms with van der Waals surface area (Å²) >= 11 is 0. The van der Waals surface area contributed by atoms with E-state index in [2.05, 4.69) is 0 Å². The van der Waals surface area contributed by atoms with E-state index < -0.39 is 17.5 Å². The number of carbonyl (C=O) groups excluding carboxylic acids is 1. The van der Waals surface area contributed by atoms with Gasteiger partial charge in [-0.3, -0.25) is 4.79 Å². The Bertz CT molecular complexity index is 583. The number of amides is 1. The zero-order valence-corrected chi connectivity index (χ0v) is 12.7. The van der Waals surface area contributed by atoms with Gasteiger partial charge in [0.15, 0.2) is 17.5 Å². The molecule has 0 atom stereocenters.